The Hall–Kier alpha value is -0.900. The molecular formula is C14H20N2O. The molecule has 1 aliphatic carbocycles. The first-order chi connectivity index (χ1) is 8.30. The van der Waals surface area contributed by atoms with Crippen molar-refractivity contribution in [3.63, 3.8) is 0 Å². The summed E-state index contributed by atoms with van der Waals surface area (Å²) in [5, 5.41) is 0. The Kier molecular flexibility index (Phi) is 2.90. The van der Waals surface area contributed by atoms with E-state index < -0.39 is 0 Å². The van der Waals surface area contributed by atoms with Crippen LogP contribution in [0.5, 0.6) is 0 Å². The zero-order valence-corrected chi connectivity index (χ0v) is 10.1. The third kappa shape index (κ3) is 2.23. The first-order valence-electron chi connectivity index (χ1n) is 6.45. The van der Waals surface area contributed by atoms with Gasteiger partial charge in [-0.3, -0.25) is 4.90 Å². The number of hydrogen-bond donors (Lipinski definition) is 1. The summed E-state index contributed by atoms with van der Waals surface area (Å²) in [4.78, 5) is 2.49. The highest BCUT2D eigenvalue weighted by molar-refractivity contribution is 5.27. The molecule has 17 heavy (non-hydrogen) atoms. The summed E-state index contributed by atoms with van der Waals surface area (Å²) in [6.45, 7) is 3.66. The predicted octanol–water partition coefficient (Wildman–Crippen LogP) is 1.55. The van der Waals surface area contributed by atoms with E-state index in [0.29, 0.717) is 6.04 Å². The van der Waals surface area contributed by atoms with Gasteiger partial charge in [-0.2, -0.15) is 0 Å². The molecule has 3 rings (SSSR count). The molecule has 2 fully saturated rings. The number of nitrogens with two attached hydrogens (primary N) is 1. The Bertz CT molecular complexity index is 369. The van der Waals surface area contributed by atoms with Gasteiger partial charge in [-0.25, -0.2) is 0 Å². The van der Waals surface area contributed by atoms with E-state index in [1.807, 2.05) is 0 Å². The van der Waals surface area contributed by atoms with Gasteiger partial charge in [0.05, 0.1) is 19.3 Å². The molecule has 92 valence electrons. The lowest BCUT2D eigenvalue weighted by Gasteiger charge is -2.38. The van der Waals surface area contributed by atoms with Crippen LogP contribution in [0, 0.1) is 0 Å². The molecule has 1 aliphatic heterocycles. The van der Waals surface area contributed by atoms with Crippen molar-refractivity contribution in [2.45, 2.75) is 24.4 Å². The highest BCUT2D eigenvalue weighted by atomic mass is 16.5. The van der Waals surface area contributed by atoms with Gasteiger partial charge in [0.1, 0.15) is 0 Å². The molecule has 1 aromatic carbocycles. The fourth-order valence-corrected chi connectivity index (χ4v) is 2.80. The standard InChI is InChI=1S/C14H20N2O/c15-14(6-7-14)13(12-4-2-1-3-5-12)16-8-10-17-11-9-16/h1-5,13H,6-11,15H2. The van der Waals surface area contributed by atoms with Gasteiger partial charge in [0.25, 0.3) is 0 Å². The maximum absolute atomic E-state index is 6.47. The average molecular weight is 232 g/mol. The molecule has 2 aliphatic rings. The second-order valence-electron chi connectivity index (χ2n) is 5.19. The van der Waals surface area contributed by atoms with Crippen LogP contribution in [0.3, 0.4) is 0 Å². The highest BCUT2D eigenvalue weighted by Gasteiger charge is 2.49. The largest absolute Gasteiger partial charge is 0.379 e. The van der Waals surface area contributed by atoms with Gasteiger partial charge in [0.15, 0.2) is 0 Å². The molecule has 0 amide bonds. The molecule has 1 aromatic rings. The molecule has 1 unspecified atom stereocenters. The van der Waals surface area contributed by atoms with Gasteiger partial charge >= 0.3 is 0 Å². The lowest BCUT2D eigenvalue weighted by Crippen LogP contribution is -2.47. The van der Waals surface area contributed by atoms with Crippen LogP contribution in [0.2, 0.25) is 0 Å². The van der Waals surface area contributed by atoms with Crippen molar-refractivity contribution in [2.24, 2.45) is 5.73 Å². The lowest BCUT2D eigenvalue weighted by atomic mass is 9.95. The third-order valence-electron chi connectivity index (χ3n) is 3.90. The molecule has 3 nitrogen and oxygen atoms in total. The minimum Gasteiger partial charge on any atom is -0.379 e. The van der Waals surface area contributed by atoms with E-state index >= 15 is 0 Å². The van der Waals surface area contributed by atoms with Gasteiger partial charge in [-0.1, -0.05) is 30.3 Å². The zero-order valence-electron chi connectivity index (χ0n) is 10.1. The van der Waals surface area contributed by atoms with Crippen LogP contribution in [0.4, 0.5) is 0 Å². The molecule has 0 bridgehead atoms. The van der Waals surface area contributed by atoms with Gasteiger partial charge in [0, 0.05) is 18.6 Å². The van der Waals surface area contributed by atoms with Gasteiger partial charge < -0.3 is 10.5 Å². The second kappa shape index (κ2) is 4.41. The van der Waals surface area contributed by atoms with Crippen molar-refractivity contribution >= 4 is 0 Å². The summed E-state index contributed by atoms with van der Waals surface area (Å²) in [5.74, 6) is 0. The Morgan fingerprint density at radius 3 is 2.35 bits per heavy atom. The molecule has 0 spiro atoms. The smallest absolute Gasteiger partial charge is 0.0594 e. The molecule has 3 heteroatoms. The van der Waals surface area contributed by atoms with E-state index in [0.717, 1.165) is 39.1 Å². The van der Waals surface area contributed by atoms with Crippen LogP contribution in [0.25, 0.3) is 0 Å². The predicted molar refractivity (Wildman–Crippen MR) is 67.7 cm³/mol. The first kappa shape index (κ1) is 11.2. The van der Waals surface area contributed by atoms with Crippen molar-refractivity contribution in [1.82, 2.24) is 4.90 Å². The molecule has 2 N–H and O–H groups in total. The topological polar surface area (TPSA) is 38.5 Å². The fraction of sp³-hybridized carbons (Fsp3) is 0.571. The molecule has 1 heterocycles. The summed E-state index contributed by atoms with van der Waals surface area (Å²) in [7, 11) is 0. The molecule has 1 saturated carbocycles. The second-order valence-corrected chi connectivity index (χ2v) is 5.19. The van der Waals surface area contributed by atoms with Crippen molar-refractivity contribution in [2.75, 3.05) is 26.3 Å². The van der Waals surface area contributed by atoms with Crippen molar-refractivity contribution in [1.29, 1.82) is 0 Å². The number of ether oxygens (including phenoxy) is 1. The maximum atomic E-state index is 6.47. The molecule has 0 aromatic heterocycles. The summed E-state index contributed by atoms with van der Waals surface area (Å²) < 4.78 is 5.44. The SMILES string of the molecule is NC1(C(c2ccccc2)N2CCOCC2)CC1. The summed E-state index contributed by atoms with van der Waals surface area (Å²) >= 11 is 0. The lowest BCUT2D eigenvalue weighted by molar-refractivity contribution is 0.00790. The van der Waals surface area contributed by atoms with E-state index in [-0.39, 0.29) is 5.54 Å². The minimum absolute atomic E-state index is 0.00130. The number of morpholine rings is 1. The van der Waals surface area contributed by atoms with Crippen molar-refractivity contribution in [3.8, 4) is 0 Å². The molecule has 1 saturated heterocycles. The zero-order chi connectivity index (χ0) is 11.7. The Labute approximate surface area is 103 Å². The first-order valence-corrected chi connectivity index (χ1v) is 6.45. The number of rotatable bonds is 3. The number of hydrogen-bond acceptors (Lipinski definition) is 3. The Morgan fingerprint density at radius 2 is 1.76 bits per heavy atom. The Balaban J connectivity index is 1.87. The van der Waals surface area contributed by atoms with Crippen molar-refractivity contribution in [3.05, 3.63) is 35.9 Å². The van der Waals surface area contributed by atoms with E-state index in [1.165, 1.54) is 5.56 Å². The van der Waals surface area contributed by atoms with Crippen LogP contribution < -0.4 is 5.73 Å². The van der Waals surface area contributed by atoms with Crippen LogP contribution in [-0.4, -0.2) is 36.7 Å². The molecule has 1 atom stereocenters. The number of nitrogens with zero attached hydrogens (tertiary/aromatic N) is 1. The summed E-state index contributed by atoms with van der Waals surface area (Å²) in [6.07, 6.45) is 2.29. The van der Waals surface area contributed by atoms with Crippen molar-refractivity contribution < 1.29 is 4.74 Å². The van der Waals surface area contributed by atoms with Crippen LogP contribution in [0.15, 0.2) is 30.3 Å². The van der Waals surface area contributed by atoms with E-state index in [1.54, 1.807) is 0 Å². The third-order valence-corrected chi connectivity index (χ3v) is 3.90. The molecule has 0 radical (unpaired) electrons. The minimum atomic E-state index is -0.00130. The maximum Gasteiger partial charge on any atom is 0.0594 e. The number of benzene rings is 1. The van der Waals surface area contributed by atoms with E-state index in [2.05, 4.69) is 35.2 Å². The van der Waals surface area contributed by atoms with E-state index in [4.69, 9.17) is 10.5 Å². The quantitative estimate of drug-likeness (QED) is 0.859. The van der Waals surface area contributed by atoms with Gasteiger partial charge in [-0.15, -0.1) is 0 Å². The van der Waals surface area contributed by atoms with E-state index in [9.17, 15) is 0 Å². The summed E-state index contributed by atoms with van der Waals surface area (Å²) in [5.41, 5.74) is 7.83. The fourth-order valence-electron chi connectivity index (χ4n) is 2.80. The Morgan fingerprint density at radius 1 is 1.12 bits per heavy atom. The summed E-state index contributed by atoms with van der Waals surface area (Å²) in [6, 6.07) is 11.0. The average Bonchev–Trinajstić information content (AvgIpc) is 3.11. The highest BCUT2D eigenvalue weighted by Crippen LogP contribution is 2.46. The van der Waals surface area contributed by atoms with Crippen LogP contribution >= 0.6 is 0 Å². The van der Waals surface area contributed by atoms with Crippen LogP contribution in [0.1, 0.15) is 24.4 Å². The van der Waals surface area contributed by atoms with Gasteiger partial charge in [-0.05, 0) is 18.4 Å². The molecular weight excluding hydrogens is 212 g/mol. The monoisotopic (exact) mass is 232 g/mol. The normalized spacial score (nSPS) is 25.5. The van der Waals surface area contributed by atoms with Gasteiger partial charge in [0.2, 0.25) is 0 Å². The van der Waals surface area contributed by atoms with Crippen LogP contribution in [-0.2, 0) is 4.74 Å².